The molecule has 0 radical (unpaired) electrons. The van der Waals surface area contributed by atoms with Crippen molar-refractivity contribution in [3.8, 4) is 0 Å². The molecule has 1 aliphatic carbocycles. The fourth-order valence-electron chi connectivity index (χ4n) is 3.05. The first-order valence-corrected chi connectivity index (χ1v) is 6.71. The van der Waals surface area contributed by atoms with Gasteiger partial charge < -0.3 is 0 Å². The van der Waals surface area contributed by atoms with Crippen LogP contribution in [0.4, 0.5) is 0 Å². The van der Waals surface area contributed by atoms with Crippen molar-refractivity contribution in [1.82, 2.24) is 0 Å². The van der Waals surface area contributed by atoms with Crippen LogP contribution in [-0.2, 0) is 6.42 Å². The summed E-state index contributed by atoms with van der Waals surface area (Å²) in [6.07, 6.45) is 2.85. The molecule has 0 amide bonds. The van der Waals surface area contributed by atoms with E-state index in [9.17, 15) is 4.79 Å². The molecule has 1 aliphatic rings. The number of rotatable bonds is 0. The fraction of sp³-hybridized carbons (Fsp3) is 0.353. The zero-order valence-corrected chi connectivity index (χ0v) is 11.0. The molecule has 0 N–H and O–H groups in total. The monoisotopic (exact) mass is 238 g/mol. The van der Waals surface area contributed by atoms with Gasteiger partial charge >= 0.3 is 0 Å². The van der Waals surface area contributed by atoms with Crippen molar-refractivity contribution < 1.29 is 4.79 Å². The Morgan fingerprint density at radius 3 is 2.67 bits per heavy atom. The molecule has 0 aliphatic heterocycles. The molecule has 0 saturated carbocycles. The zero-order valence-electron chi connectivity index (χ0n) is 11.0. The summed E-state index contributed by atoms with van der Waals surface area (Å²) >= 11 is 0. The lowest BCUT2D eigenvalue weighted by molar-refractivity contribution is 0.0967. The van der Waals surface area contributed by atoms with Gasteiger partial charge in [0.05, 0.1) is 0 Å². The quantitative estimate of drug-likeness (QED) is 0.625. The fourth-order valence-corrected chi connectivity index (χ4v) is 3.05. The van der Waals surface area contributed by atoms with Crippen molar-refractivity contribution >= 4 is 16.6 Å². The summed E-state index contributed by atoms with van der Waals surface area (Å²) in [5.74, 6) is 0.827. The molecule has 3 rings (SSSR count). The minimum Gasteiger partial charge on any atom is -0.294 e. The van der Waals surface area contributed by atoms with Crippen LogP contribution in [0, 0.1) is 12.8 Å². The van der Waals surface area contributed by atoms with Crippen molar-refractivity contribution in [3.05, 3.63) is 47.0 Å². The van der Waals surface area contributed by atoms with E-state index >= 15 is 0 Å². The van der Waals surface area contributed by atoms with Gasteiger partial charge in [-0.15, -0.1) is 0 Å². The maximum Gasteiger partial charge on any atom is 0.163 e. The molecule has 18 heavy (non-hydrogen) atoms. The molecule has 2 aromatic rings. The van der Waals surface area contributed by atoms with E-state index in [2.05, 4.69) is 44.2 Å². The molecule has 1 heteroatoms. The average molecular weight is 238 g/mol. The van der Waals surface area contributed by atoms with Crippen molar-refractivity contribution in [2.75, 3.05) is 0 Å². The molecule has 2 aromatic carbocycles. The van der Waals surface area contributed by atoms with Crippen LogP contribution in [0.5, 0.6) is 0 Å². The Balaban J connectivity index is 2.32. The Kier molecular flexibility index (Phi) is 2.70. The molecule has 1 nitrogen and oxygen atoms in total. The first-order valence-electron chi connectivity index (χ1n) is 6.71. The van der Waals surface area contributed by atoms with Gasteiger partial charge in [0.1, 0.15) is 0 Å². The summed E-state index contributed by atoms with van der Waals surface area (Å²) < 4.78 is 0. The summed E-state index contributed by atoms with van der Waals surface area (Å²) in [5.41, 5.74) is 3.45. The molecule has 0 bridgehead atoms. The van der Waals surface area contributed by atoms with Crippen LogP contribution in [0.25, 0.3) is 10.8 Å². The number of hydrogen-bond donors (Lipinski definition) is 0. The lowest BCUT2D eigenvalue weighted by Crippen LogP contribution is -2.04. The van der Waals surface area contributed by atoms with Crippen LogP contribution in [0.1, 0.15) is 41.3 Å². The van der Waals surface area contributed by atoms with E-state index in [0.29, 0.717) is 18.1 Å². The average Bonchev–Trinajstić information content (AvgIpc) is 2.50. The highest BCUT2D eigenvalue weighted by atomic mass is 16.1. The third-order valence-corrected chi connectivity index (χ3v) is 4.08. The molecule has 1 unspecified atom stereocenters. The van der Waals surface area contributed by atoms with Gasteiger partial charge in [-0.25, -0.2) is 0 Å². The third kappa shape index (κ3) is 1.74. The minimum absolute atomic E-state index is 0.323. The summed E-state index contributed by atoms with van der Waals surface area (Å²) in [4.78, 5) is 12.3. The SMILES string of the molecule is Cc1cc2c(c3ccccc13)CCC(C)CC2=O. The lowest BCUT2D eigenvalue weighted by Gasteiger charge is -2.11. The highest BCUT2D eigenvalue weighted by molar-refractivity contribution is 6.04. The minimum atomic E-state index is 0.323. The first-order chi connectivity index (χ1) is 8.66. The molecular weight excluding hydrogens is 220 g/mol. The van der Waals surface area contributed by atoms with Crippen LogP contribution in [0.2, 0.25) is 0 Å². The Morgan fingerprint density at radius 1 is 1.17 bits per heavy atom. The van der Waals surface area contributed by atoms with Crippen molar-refractivity contribution in [2.45, 2.75) is 33.1 Å². The normalized spacial score (nSPS) is 19.7. The second-order valence-electron chi connectivity index (χ2n) is 5.54. The van der Waals surface area contributed by atoms with Gasteiger partial charge in [0.25, 0.3) is 0 Å². The van der Waals surface area contributed by atoms with Gasteiger partial charge in [-0.05, 0) is 53.6 Å². The Morgan fingerprint density at radius 2 is 1.89 bits per heavy atom. The molecule has 0 heterocycles. The smallest absolute Gasteiger partial charge is 0.163 e. The van der Waals surface area contributed by atoms with Crippen LogP contribution in [-0.4, -0.2) is 5.78 Å². The molecule has 0 fully saturated rings. The number of ketones is 1. The predicted molar refractivity (Wildman–Crippen MR) is 75.1 cm³/mol. The van der Waals surface area contributed by atoms with Gasteiger partial charge in [0.15, 0.2) is 5.78 Å². The molecule has 0 aromatic heterocycles. The van der Waals surface area contributed by atoms with E-state index in [1.807, 2.05) is 0 Å². The Bertz CT molecular complexity index is 625. The Hall–Kier alpha value is -1.63. The number of hydrogen-bond acceptors (Lipinski definition) is 1. The highest BCUT2D eigenvalue weighted by Gasteiger charge is 2.22. The van der Waals surface area contributed by atoms with Gasteiger partial charge in [0.2, 0.25) is 0 Å². The maximum absolute atomic E-state index is 12.3. The predicted octanol–water partition coefficient (Wildman–Crippen LogP) is 4.30. The van der Waals surface area contributed by atoms with Crippen molar-refractivity contribution in [2.24, 2.45) is 5.92 Å². The van der Waals surface area contributed by atoms with Gasteiger partial charge in [0, 0.05) is 12.0 Å². The second-order valence-corrected chi connectivity index (χ2v) is 5.54. The number of carbonyl (C=O) groups excluding carboxylic acids is 1. The highest BCUT2D eigenvalue weighted by Crippen LogP contribution is 2.32. The van der Waals surface area contributed by atoms with Gasteiger partial charge in [-0.2, -0.15) is 0 Å². The summed E-state index contributed by atoms with van der Waals surface area (Å²) in [6, 6.07) is 10.6. The summed E-state index contributed by atoms with van der Waals surface area (Å²) in [6.45, 7) is 4.28. The molecular formula is C17H18O. The number of aryl methyl sites for hydroxylation is 2. The van der Waals surface area contributed by atoms with Gasteiger partial charge in [-0.1, -0.05) is 31.2 Å². The van der Waals surface area contributed by atoms with Crippen molar-refractivity contribution in [1.29, 1.82) is 0 Å². The van der Waals surface area contributed by atoms with Gasteiger partial charge in [-0.3, -0.25) is 4.79 Å². The molecule has 92 valence electrons. The van der Waals surface area contributed by atoms with Crippen LogP contribution < -0.4 is 0 Å². The zero-order chi connectivity index (χ0) is 12.7. The number of fused-ring (bicyclic) bond motifs is 3. The van der Waals surface area contributed by atoms with E-state index < -0.39 is 0 Å². The summed E-state index contributed by atoms with van der Waals surface area (Å²) in [5, 5.41) is 2.56. The maximum atomic E-state index is 12.3. The van der Waals surface area contributed by atoms with Crippen LogP contribution in [0.15, 0.2) is 30.3 Å². The van der Waals surface area contributed by atoms with E-state index in [0.717, 1.165) is 18.4 Å². The van der Waals surface area contributed by atoms with E-state index in [1.165, 1.54) is 21.9 Å². The number of Topliss-reactive ketones (excluding diaryl/α,β-unsaturated/α-hetero) is 1. The van der Waals surface area contributed by atoms with E-state index in [4.69, 9.17) is 0 Å². The third-order valence-electron chi connectivity index (χ3n) is 4.08. The standard InChI is InChI=1S/C17H18O/c1-11-7-8-15-14-6-4-3-5-13(14)12(2)10-16(15)17(18)9-11/h3-6,10-11H,7-9H2,1-2H3. The van der Waals surface area contributed by atoms with Crippen LogP contribution >= 0.6 is 0 Å². The van der Waals surface area contributed by atoms with E-state index in [-0.39, 0.29) is 0 Å². The first kappa shape index (κ1) is 11.5. The topological polar surface area (TPSA) is 17.1 Å². The molecule has 0 spiro atoms. The largest absolute Gasteiger partial charge is 0.294 e. The van der Waals surface area contributed by atoms with Crippen molar-refractivity contribution in [3.63, 3.8) is 0 Å². The second kappa shape index (κ2) is 4.24. The molecule has 0 saturated heterocycles. The molecule has 1 atom stereocenters. The Labute approximate surface area is 108 Å². The number of carbonyl (C=O) groups is 1. The van der Waals surface area contributed by atoms with Crippen LogP contribution in [0.3, 0.4) is 0 Å². The summed E-state index contributed by atoms with van der Waals surface area (Å²) in [7, 11) is 0. The number of benzene rings is 2. The lowest BCUT2D eigenvalue weighted by atomic mass is 9.92. The van der Waals surface area contributed by atoms with E-state index in [1.54, 1.807) is 0 Å².